The number of benzene rings is 1. The number of piperazine rings is 1. The molecule has 1 aromatic carbocycles. The summed E-state index contributed by atoms with van der Waals surface area (Å²) in [6.45, 7) is 2.56. The Balaban J connectivity index is 1.34. The number of thiazole rings is 1. The predicted molar refractivity (Wildman–Crippen MR) is 112 cm³/mol. The summed E-state index contributed by atoms with van der Waals surface area (Å²) >= 11 is 9.21. The summed E-state index contributed by atoms with van der Waals surface area (Å²) in [6, 6.07) is 8.24. The van der Waals surface area contributed by atoms with Crippen molar-refractivity contribution in [3.63, 3.8) is 0 Å². The van der Waals surface area contributed by atoms with Crippen molar-refractivity contribution < 1.29 is 9.18 Å². The van der Waals surface area contributed by atoms with Gasteiger partial charge in [-0.05, 0) is 30.3 Å². The third-order valence-electron chi connectivity index (χ3n) is 4.78. The van der Waals surface area contributed by atoms with Crippen molar-refractivity contribution in [2.45, 2.75) is 0 Å². The Kier molecular flexibility index (Phi) is 4.41. The number of amides is 1. The lowest BCUT2D eigenvalue weighted by molar-refractivity contribution is 0.0752. The van der Waals surface area contributed by atoms with Crippen molar-refractivity contribution in [2.75, 3.05) is 31.1 Å². The van der Waals surface area contributed by atoms with Gasteiger partial charge >= 0.3 is 0 Å². The van der Waals surface area contributed by atoms with Crippen molar-refractivity contribution in [1.82, 2.24) is 14.9 Å². The Bertz CT molecular complexity index is 1170. The first kappa shape index (κ1) is 17.8. The van der Waals surface area contributed by atoms with Gasteiger partial charge in [-0.15, -0.1) is 11.3 Å². The molecule has 1 saturated heterocycles. The number of hydrogen-bond acceptors (Lipinski definition) is 6. The molecule has 142 valence electrons. The molecular weight excluding hydrogens is 419 g/mol. The molecule has 4 heterocycles. The fourth-order valence-electron chi connectivity index (χ4n) is 3.31. The SMILES string of the molecule is O=C(c1sc2cc(F)ccc2c1Cl)N1CCN(c2nc3cccnc3s2)CC1. The fraction of sp³-hybridized carbons (Fsp3) is 0.211. The third-order valence-corrected chi connectivity index (χ3v) is 7.46. The van der Waals surface area contributed by atoms with Crippen LogP contribution in [0.25, 0.3) is 20.4 Å². The van der Waals surface area contributed by atoms with Crippen LogP contribution in [0, 0.1) is 5.82 Å². The summed E-state index contributed by atoms with van der Waals surface area (Å²) in [5, 5.41) is 2.05. The quantitative estimate of drug-likeness (QED) is 0.462. The molecule has 1 aliphatic rings. The van der Waals surface area contributed by atoms with Crippen LogP contribution in [0.2, 0.25) is 5.02 Å². The van der Waals surface area contributed by atoms with E-state index in [0.29, 0.717) is 40.8 Å². The molecule has 0 saturated carbocycles. The van der Waals surface area contributed by atoms with Crippen LogP contribution >= 0.6 is 34.3 Å². The topological polar surface area (TPSA) is 49.3 Å². The molecule has 1 amide bonds. The predicted octanol–water partition coefficient (Wildman–Crippen LogP) is 4.66. The minimum atomic E-state index is -0.330. The van der Waals surface area contributed by atoms with Crippen LogP contribution in [-0.4, -0.2) is 47.0 Å². The van der Waals surface area contributed by atoms with Crippen LogP contribution < -0.4 is 4.90 Å². The normalized spacial score (nSPS) is 14.9. The number of hydrogen-bond donors (Lipinski definition) is 0. The number of halogens is 2. The molecule has 1 aliphatic heterocycles. The Morgan fingerprint density at radius 3 is 2.75 bits per heavy atom. The molecule has 0 bridgehead atoms. The lowest BCUT2D eigenvalue weighted by atomic mass is 10.2. The van der Waals surface area contributed by atoms with Gasteiger partial charge in [-0.1, -0.05) is 22.9 Å². The second kappa shape index (κ2) is 6.95. The van der Waals surface area contributed by atoms with Gasteiger partial charge in [0.15, 0.2) is 5.13 Å². The number of aromatic nitrogens is 2. The highest BCUT2D eigenvalue weighted by Gasteiger charge is 2.27. The average Bonchev–Trinajstić information content (AvgIpc) is 3.28. The zero-order valence-electron chi connectivity index (χ0n) is 14.6. The van der Waals surface area contributed by atoms with Crippen molar-refractivity contribution in [3.05, 3.63) is 52.2 Å². The maximum absolute atomic E-state index is 13.5. The van der Waals surface area contributed by atoms with Gasteiger partial charge in [0, 0.05) is 42.5 Å². The van der Waals surface area contributed by atoms with E-state index in [1.165, 1.54) is 23.5 Å². The average molecular weight is 433 g/mol. The molecule has 5 nitrogen and oxygen atoms in total. The highest BCUT2D eigenvalue weighted by Crippen LogP contribution is 2.37. The van der Waals surface area contributed by atoms with Gasteiger partial charge in [0.1, 0.15) is 21.0 Å². The number of carbonyl (C=O) groups excluding carboxylic acids is 1. The van der Waals surface area contributed by atoms with E-state index in [4.69, 9.17) is 11.6 Å². The molecule has 28 heavy (non-hydrogen) atoms. The van der Waals surface area contributed by atoms with E-state index in [1.807, 2.05) is 12.1 Å². The summed E-state index contributed by atoms with van der Waals surface area (Å²) in [5.41, 5.74) is 0.894. The second-order valence-corrected chi connectivity index (χ2v) is 8.88. The van der Waals surface area contributed by atoms with E-state index in [-0.39, 0.29) is 11.7 Å². The van der Waals surface area contributed by atoms with Gasteiger partial charge in [-0.25, -0.2) is 14.4 Å². The molecule has 4 aromatic rings. The van der Waals surface area contributed by atoms with Gasteiger partial charge in [0.2, 0.25) is 0 Å². The van der Waals surface area contributed by atoms with Crippen molar-refractivity contribution in [3.8, 4) is 0 Å². The number of fused-ring (bicyclic) bond motifs is 2. The van der Waals surface area contributed by atoms with E-state index in [2.05, 4.69) is 14.9 Å². The highest BCUT2D eigenvalue weighted by atomic mass is 35.5. The lowest BCUT2D eigenvalue weighted by Crippen LogP contribution is -2.48. The van der Waals surface area contributed by atoms with Crippen molar-refractivity contribution >= 4 is 65.7 Å². The van der Waals surface area contributed by atoms with E-state index in [1.54, 1.807) is 28.5 Å². The first-order valence-corrected chi connectivity index (χ1v) is 10.7. The van der Waals surface area contributed by atoms with Crippen LogP contribution in [0.4, 0.5) is 9.52 Å². The molecule has 0 unspecified atom stereocenters. The smallest absolute Gasteiger partial charge is 0.265 e. The standard InChI is InChI=1S/C19H14ClFN4OS2/c20-15-12-4-3-11(21)10-14(12)27-16(15)18(26)24-6-8-25(9-7-24)19-23-13-2-1-5-22-17(13)28-19/h1-5,10H,6-9H2. The molecule has 0 N–H and O–H groups in total. The Labute approximate surface area is 173 Å². The number of anilines is 1. The van der Waals surface area contributed by atoms with Gasteiger partial charge in [-0.2, -0.15) is 0 Å². The van der Waals surface area contributed by atoms with Crippen LogP contribution in [0.3, 0.4) is 0 Å². The Morgan fingerprint density at radius 2 is 1.96 bits per heavy atom. The highest BCUT2D eigenvalue weighted by molar-refractivity contribution is 7.22. The molecule has 1 fully saturated rings. The molecule has 9 heteroatoms. The van der Waals surface area contributed by atoms with Gasteiger partial charge < -0.3 is 9.80 Å². The summed E-state index contributed by atoms with van der Waals surface area (Å²) in [7, 11) is 0. The van der Waals surface area contributed by atoms with Crippen LogP contribution in [-0.2, 0) is 0 Å². The zero-order valence-corrected chi connectivity index (χ0v) is 17.0. The van der Waals surface area contributed by atoms with E-state index >= 15 is 0 Å². The molecular formula is C19H14ClFN4OS2. The molecule has 0 spiro atoms. The Morgan fingerprint density at radius 1 is 1.14 bits per heavy atom. The fourth-order valence-corrected chi connectivity index (χ4v) is 5.78. The van der Waals surface area contributed by atoms with Crippen LogP contribution in [0.5, 0.6) is 0 Å². The van der Waals surface area contributed by atoms with Crippen molar-refractivity contribution in [2.24, 2.45) is 0 Å². The molecule has 3 aromatic heterocycles. The van der Waals surface area contributed by atoms with Crippen LogP contribution in [0.1, 0.15) is 9.67 Å². The maximum atomic E-state index is 13.5. The summed E-state index contributed by atoms with van der Waals surface area (Å²) < 4.78 is 14.2. The van der Waals surface area contributed by atoms with Crippen molar-refractivity contribution in [1.29, 1.82) is 0 Å². The maximum Gasteiger partial charge on any atom is 0.265 e. The van der Waals surface area contributed by atoms with Gasteiger partial charge in [0.25, 0.3) is 5.91 Å². The molecule has 0 radical (unpaired) electrons. The van der Waals surface area contributed by atoms with E-state index in [9.17, 15) is 9.18 Å². The molecule has 0 atom stereocenters. The number of nitrogens with zero attached hydrogens (tertiary/aromatic N) is 4. The molecule has 5 rings (SSSR count). The van der Waals surface area contributed by atoms with Crippen LogP contribution in [0.15, 0.2) is 36.5 Å². The first-order valence-electron chi connectivity index (χ1n) is 8.73. The largest absolute Gasteiger partial charge is 0.344 e. The first-order chi connectivity index (χ1) is 13.6. The number of thiophene rings is 1. The minimum absolute atomic E-state index is 0.0998. The summed E-state index contributed by atoms with van der Waals surface area (Å²) in [5.74, 6) is -0.430. The monoisotopic (exact) mass is 432 g/mol. The summed E-state index contributed by atoms with van der Waals surface area (Å²) in [6.07, 6.45) is 1.77. The van der Waals surface area contributed by atoms with E-state index in [0.717, 1.165) is 20.9 Å². The Hall–Kier alpha value is -2.29. The minimum Gasteiger partial charge on any atom is -0.344 e. The van der Waals surface area contributed by atoms with E-state index < -0.39 is 0 Å². The second-order valence-electron chi connectivity index (χ2n) is 6.49. The molecule has 0 aliphatic carbocycles. The number of carbonyl (C=O) groups is 1. The zero-order chi connectivity index (χ0) is 19.3. The van der Waals surface area contributed by atoms with Gasteiger partial charge in [0.05, 0.1) is 5.02 Å². The third kappa shape index (κ3) is 3.01. The lowest BCUT2D eigenvalue weighted by Gasteiger charge is -2.34. The summed E-state index contributed by atoms with van der Waals surface area (Å²) in [4.78, 5) is 27.3. The van der Waals surface area contributed by atoms with Gasteiger partial charge in [-0.3, -0.25) is 4.79 Å². The number of pyridine rings is 1. The number of rotatable bonds is 2.